The molecule has 1 heterocycles. The quantitative estimate of drug-likeness (QED) is 0.744. The van der Waals surface area contributed by atoms with Crippen molar-refractivity contribution in [2.75, 3.05) is 20.3 Å². The lowest BCUT2D eigenvalue weighted by Crippen LogP contribution is -2.27. The molecule has 2 rings (SSSR count). The molecule has 1 aliphatic rings. The number of ether oxygens (including phenoxy) is 1. The highest BCUT2D eigenvalue weighted by Crippen LogP contribution is 2.37. The van der Waals surface area contributed by atoms with Crippen molar-refractivity contribution in [3.05, 3.63) is 18.2 Å². The fourth-order valence-electron chi connectivity index (χ4n) is 2.28. The van der Waals surface area contributed by atoms with E-state index in [4.69, 9.17) is 4.74 Å². The lowest BCUT2D eigenvalue weighted by Gasteiger charge is -2.34. The Morgan fingerprint density at radius 2 is 2.38 bits per heavy atom. The van der Waals surface area contributed by atoms with Crippen LogP contribution in [0.4, 0.5) is 0 Å². The molecule has 1 aromatic rings. The first-order chi connectivity index (χ1) is 7.81. The number of hydrogen-bond donors (Lipinski definition) is 1. The maximum atomic E-state index is 5.00. The Kier molecular flexibility index (Phi) is 3.96. The molecule has 4 heteroatoms. The Morgan fingerprint density at radius 3 is 3.06 bits per heavy atom. The zero-order chi connectivity index (χ0) is 11.4. The van der Waals surface area contributed by atoms with Crippen LogP contribution in [0.1, 0.15) is 31.5 Å². The van der Waals surface area contributed by atoms with E-state index in [-0.39, 0.29) is 0 Å². The highest BCUT2D eigenvalue weighted by Gasteiger charge is 2.27. The van der Waals surface area contributed by atoms with Crippen LogP contribution in [0.5, 0.6) is 0 Å². The van der Waals surface area contributed by atoms with Crippen LogP contribution in [0.3, 0.4) is 0 Å². The van der Waals surface area contributed by atoms with Crippen molar-refractivity contribution in [1.29, 1.82) is 0 Å². The number of hydrogen-bond acceptors (Lipinski definition) is 3. The fourth-order valence-corrected chi connectivity index (χ4v) is 2.28. The van der Waals surface area contributed by atoms with Crippen molar-refractivity contribution < 1.29 is 4.74 Å². The van der Waals surface area contributed by atoms with Crippen molar-refractivity contribution >= 4 is 0 Å². The molecule has 0 bridgehead atoms. The third kappa shape index (κ3) is 2.62. The molecule has 0 unspecified atom stereocenters. The van der Waals surface area contributed by atoms with Crippen LogP contribution in [0.2, 0.25) is 0 Å². The van der Waals surface area contributed by atoms with E-state index in [0.717, 1.165) is 25.6 Å². The second-order valence-corrected chi connectivity index (χ2v) is 4.69. The molecule has 0 spiro atoms. The minimum atomic E-state index is 0.678. The minimum Gasteiger partial charge on any atom is -0.383 e. The molecular weight excluding hydrogens is 202 g/mol. The van der Waals surface area contributed by atoms with Gasteiger partial charge in [-0.2, -0.15) is 0 Å². The summed E-state index contributed by atoms with van der Waals surface area (Å²) in [6.07, 6.45) is 6.51. The topological polar surface area (TPSA) is 39.1 Å². The van der Waals surface area contributed by atoms with E-state index < -0.39 is 0 Å². The predicted molar refractivity (Wildman–Crippen MR) is 63.2 cm³/mol. The largest absolute Gasteiger partial charge is 0.383 e. The summed E-state index contributed by atoms with van der Waals surface area (Å²) in [5.74, 6) is 0.877. The zero-order valence-electron chi connectivity index (χ0n) is 10.1. The van der Waals surface area contributed by atoms with Gasteiger partial charge in [0.2, 0.25) is 0 Å². The van der Waals surface area contributed by atoms with Gasteiger partial charge in [0.15, 0.2) is 0 Å². The molecule has 0 amide bonds. The molecule has 1 fully saturated rings. The summed E-state index contributed by atoms with van der Waals surface area (Å²) >= 11 is 0. The molecule has 1 aliphatic carbocycles. The average Bonchev–Trinajstić information content (AvgIpc) is 2.68. The molecule has 0 radical (unpaired) electrons. The van der Waals surface area contributed by atoms with E-state index in [9.17, 15) is 0 Å². The zero-order valence-corrected chi connectivity index (χ0v) is 10.1. The summed E-state index contributed by atoms with van der Waals surface area (Å²) in [5.41, 5.74) is 1.29. The molecule has 1 saturated carbocycles. The van der Waals surface area contributed by atoms with Crippen molar-refractivity contribution in [2.45, 2.75) is 32.4 Å². The smallest absolute Gasteiger partial charge is 0.0951 e. The van der Waals surface area contributed by atoms with Crippen LogP contribution in [-0.2, 0) is 11.3 Å². The number of aromatic nitrogens is 2. The number of imidazole rings is 1. The Morgan fingerprint density at radius 1 is 1.56 bits per heavy atom. The van der Waals surface area contributed by atoms with Gasteiger partial charge in [0.25, 0.3) is 0 Å². The van der Waals surface area contributed by atoms with E-state index in [1.165, 1.54) is 18.5 Å². The van der Waals surface area contributed by atoms with Crippen LogP contribution < -0.4 is 5.32 Å². The molecular formula is C12H21N3O. The maximum absolute atomic E-state index is 5.00. The molecule has 1 aromatic heterocycles. The first kappa shape index (κ1) is 11.6. The summed E-state index contributed by atoms with van der Waals surface area (Å²) in [7, 11) is 1.72. The van der Waals surface area contributed by atoms with Gasteiger partial charge in [-0.25, -0.2) is 4.98 Å². The molecule has 4 nitrogen and oxygen atoms in total. The third-order valence-corrected chi connectivity index (χ3v) is 3.28. The normalized spacial score (nSPS) is 24.4. The average molecular weight is 223 g/mol. The molecule has 0 atom stereocenters. The van der Waals surface area contributed by atoms with Crippen molar-refractivity contribution in [2.24, 2.45) is 5.92 Å². The number of nitrogens with zero attached hydrogens (tertiary/aromatic N) is 2. The van der Waals surface area contributed by atoms with E-state index >= 15 is 0 Å². The first-order valence-corrected chi connectivity index (χ1v) is 6.01. The second-order valence-electron chi connectivity index (χ2n) is 4.69. The van der Waals surface area contributed by atoms with Crippen LogP contribution in [-0.4, -0.2) is 29.8 Å². The van der Waals surface area contributed by atoms with E-state index in [1.807, 2.05) is 12.5 Å². The Hall–Kier alpha value is -0.870. The molecule has 0 aliphatic heterocycles. The van der Waals surface area contributed by atoms with Crippen LogP contribution >= 0.6 is 0 Å². The van der Waals surface area contributed by atoms with Crippen LogP contribution in [0.15, 0.2) is 12.5 Å². The number of rotatable bonds is 6. The van der Waals surface area contributed by atoms with Gasteiger partial charge in [-0.1, -0.05) is 6.92 Å². The van der Waals surface area contributed by atoms with Gasteiger partial charge < -0.3 is 14.6 Å². The van der Waals surface area contributed by atoms with Crippen molar-refractivity contribution in [1.82, 2.24) is 14.9 Å². The second kappa shape index (κ2) is 5.46. The van der Waals surface area contributed by atoms with E-state index in [1.54, 1.807) is 7.11 Å². The molecule has 1 N–H and O–H groups in total. The van der Waals surface area contributed by atoms with E-state index in [2.05, 4.69) is 21.8 Å². The SMILES string of the molecule is COCCNCc1cncn1C1CC(C)C1. The van der Waals surface area contributed by atoms with Gasteiger partial charge in [-0.3, -0.25) is 0 Å². The van der Waals surface area contributed by atoms with Gasteiger partial charge in [0.05, 0.1) is 18.6 Å². The van der Waals surface area contributed by atoms with Crippen LogP contribution in [0.25, 0.3) is 0 Å². The highest BCUT2D eigenvalue weighted by atomic mass is 16.5. The number of nitrogens with one attached hydrogen (secondary N) is 1. The molecule has 0 aromatic carbocycles. The predicted octanol–water partition coefficient (Wildman–Crippen LogP) is 1.59. The highest BCUT2D eigenvalue weighted by molar-refractivity contribution is 5.02. The first-order valence-electron chi connectivity index (χ1n) is 6.01. The summed E-state index contributed by atoms with van der Waals surface area (Å²) in [5, 5.41) is 3.36. The lowest BCUT2D eigenvalue weighted by molar-refractivity contribution is 0.196. The standard InChI is InChI=1S/C12H21N3O/c1-10-5-11(6-10)15-9-14-8-12(15)7-13-3-4-16-2/h8-11,13H,3-7H2,1-2H3. The molecule has 16 heavy (non-hydrogen) atoms. The van der Waals surface area contributed by atoms with Crippen LogP contribution in [0, 0.1) is 5.92 Å². The Balaban J connectivity index is 1.82. The van der Waals surface area contributed by atoms with Gasteiger partial charge in [-0.05, 0) is 18.8 Å². The molecule has 0 saturated heterocycles. The Labute approximate surface area is 97.0 Å². The van der Waals surface area contributed by atoms with Crippen molar-refractivity contribution in [3.63, 3.8) is 0 Å². The van der Waals surface area contributed by atoms with Gasteiger partial charge >= 0.3 is 0 Å². The molecule has 90 valence electrons. The maximum Gasteiger partial charge on any atom is 0.0951 e. The van der Waals surface area contributed by atoms with Gasteiger partial charge in [0, 0.05) is 32.4 Å². The third-order valence-electron chi connectivity index (χ3n) is 3.28. The summed E-state index contributed by atoms with van der Waals surface area (Å²) in [4.78, 5) is 4.24. The monoisotopic (exact) mass is 223 g/mol. The summed E-state index contributed by atoms with van der Waals surface area (Å²) < 4.78 is 7.32. The Bertz CT molecular complexity index is 318. The number of methoxy groups -OCH3 is 1. The van der Waals surface area contributed by atoms with E-state index in [0.29, 0.717) is 6.04 Å². The minimum absolute atomic E-state index is 0.678. The van der Waals surface area contributed by atoms with Crippen molar-refractivity contribution in [3.8, 4) is 0 Å². The summed E-state index contributed by atoms with van der Waals surface area (Å²) in [6, 6.07) is 0.678. The summed E-state index contributed by atoms with van der Waals surface area (Å²) in [6.45, 7) is 4.84. The van der Waals surface area contributed by atoms with Gasteiger partial charge in [-0.15, -0.1) is 0 Å². The fraction of sp³-hybridized carbons (Fsp3) is 0.750. The van der Waals surface area contributed by atoms with Gasteiger partial charge in [0.1, 0.15) is 0 Å². The lowest BCUT2D eigenvalue weighted by atomic mass is 9.81.